The second-order valence-corrected chi connectivity index (χ2v) is 7.20. The Morgan fingerprint density at radius 3 is 2.71 bits per heavy atom. The summed E-state index contributed by atoms with van der Waals surface area (Å²) < 4.78 is 6.45. The van der Waals surface area contributed by atoms with Crippen molar-refractivity contribution in [2.24, 2.45) is 5.73 Å². The number of fused-ring (bicyclic) bond motifs is 1. The third-order valence-electron chi connectivity index (χ3n) is 4.06. The van der Waals surface area contributed by atoms with Crippen LogP contribution < -0.4 is 11.1 Å². The average molecular weight is 408 g/mol. The number of ether oxygens (including phenoxy) is 1. The number of thiazole rings is 1. The largest absolute Gasteiger partial charge is 0.368 e. The maximum Gasteiger partial charge on any atom is 0.249 e. The summed E-state index contributed by atoms with van der Waals surface area (Å²) in [6, 6.07) is 7.71. The number of unbranched alkanes of at least 4 members (excludes halogenated alkanes) is 2. The van der Waals surface area contributed by atoms with Crippen molar-refractivity contribution in [3.05, 3.63) is 29.3 Å². The monoisotopic (exact) mass is 407 g/mol. The normalized spacial score (nSPS) is 15.6. The van der Waals surface area contributed by atoms with Crippen molar-refractivity contribution in [2.45, 2.75) is 58.5 Å². The first-order valence-electron chi connectivity index (χ1n) is 10.1. The Morgan fingerprint density at radius 2 is 2.07 bits per heavy atom. The van der Waals surface area contributed by atoms with Crippen LogP contribution >= 0.6 is 11.3 Å². The Balaban J connectivity index is 0.000000266. The lowest BCUT2D eigenvalue weighted by molar-refractivity contribution is -0.135. The minimum Gasteiger partial charge on any atom is -0.368 e. The first kappa shape index (κ1) is 24.2. The zero-order chi connectivity index (χ0) is 20.6. The molecule has 0 spiro atoms. The zero-order valence-electron chi connectivity index (χ0n) is 17.0. The van der Waals surface area contributed by atoms with Crippen molar-refractivity contribution < 1.29 is 14.3 Å². The molecular formula is C21H33N3O3S. The fourth-order valence-corrected chi connectivity index (χ4v) is 3.44. The van der Waals surface area contributed by atoms with Crippen LogP contribution in [0.1, 0.15) is 62.2 Å². The highest BCUT2D eigenvalue weighted by atomic mass is 32.1. The van der Waals surface area contributed by atoms with Gasteiger partial charge in [0.15, 0.2) is 11.3 Å². The molecule has 0 aliphatic carbocycles. The van der Waals surface area contributed by atoms with Gasteiger partial charge < -0.3 is 15.8 Å². The molecule has 1 fully saturated rings. The minimum atomic E-state index is -0.201. The lowest BCUT2D eigenvalue weighted by Crippen LogP contribution is -2.38. The molecule has 1 aromatic heterocycles. The third-order valence-corrected chi connectivity index (χ3v) is 5.03. The zero-order valence-corrected chi connectivity index (χ0v) is 17.8. The molecular weight excluding hydrogens is 374 g/mol. The van der Waals surface area contributed by atoms with E-state index in [1.807, 2.05) is 38.1 Å². The van der Waals surface area contributed by atoms with Gasteiger partial charge in [-0.25, -0.2) is 4.98 Å². The van der Waals surface area contributed by atoms with E-state index in [9.17, 15) is 9.59 Å². The van der Waals surface area contributed by atoms with E-state index in [0.29, 0.717) is 5.01 Å². The molecule has 2 aromatic rings. The fourth-order valence-electron chi connectivity index (χ4n) is 2.66. The average Bonchev–Trinajstić information content (AvgIpc) is 3.19. The number of benzene rings is 1. The van der Waals surface area contributed by atoms with Gasteiger partial charge in [-0.15, -0.1) is 11.3 Å². The van der Waals surface area contributed by atoms with Gasteiger partial charge in [-0.05, 0) is 50.8 Å². The first-order chi connectivity index (χ1) is 13.7. The Morgan fingerprint density at radius 1 is 1.29 bits per heavy atom. The van der Waals surface area contributed by atoms with Crippen LogP contribution in [-0.2, 0) is 9.53 Å². The summed E-state index contributed by atoms with van der Waals surface area (Å²) >= 11 is 1.42. The molecule has 3 N–H and O–H groups in total. The molecule has 1 aliphatic heterocycles. The van der Waals surface area contributed by atoms with Crippen LogP contribution in [0, 0.1) is 0 Å². The van der Waals surface area contributed by atoms with Gasteiger partial charge >= 0.3 is 0 Å². The molecule has 1 unspecified atom stereocenters. The molecule has 2 heterocycles. The highest BCUT2D eigenvalue weighted by molar-refractivity contribution is 7.19. The Hall–Kier alpha value is -1.83. The molecule has 6 nitrogen and oxygen atoms in total. The van der Waals surface area contributed by atoms with E-state index < -0.39 is 0 Å². The van der Waals surface area contributed by atoms with E-state index in [1.54, 1.807) is 0 Å². The summed E-state index contributed by atoms with van der Waals surface area (Å²) in [7, 11) is 0. The molecule has 1 atom stereocenters. The number of amides is 1. The Kier molecular flexibility index (Phi) is 13.1. The fraction of sp³-hybridized carbons (Fsp3) is 0.571. The van der Waals surface area contributed by atoms with Gasteiger partial charge in [0.05, 0.1) is 10.2 Å². The number of aromatic nitrogens is 1. The lowest BCUT2D eigenvalue weighted by Gasteiger charge is -2.21. The Labute approximate surface area is 171 Å². The third kappa shape index (κ3) is 8.91. The quantitative estimate of drug-likeness (QED) is 0.535. The van der Waals surface area contributed by atoms with Crippen LogP contribution in [0.25, 0.3) is 10.2 Å². The molecule has 1 amide bonds. The number of nitrogens with zero attached hydrogens (tertiary/aromatic N) is 1. The van der Waals surface area contributed by atoms with Crippen LogP contribution in [0.15, 0.2) is 24.3 Å². The van der Waals surface area contributed by atoms with Gasteiger partial charge in [-0.1, -0.05) is 32.4 Å². The highest BCUT2D eigenvalue weighted by Crippen LogP contribution is 2.19. The predicted octanol–water partition coefficient (Wildman–Crippen LogP) is 3.94. The van der Waals surface area contributed by atoms with Gasteiger partial charge in [0.2, 0.25) is 5.91 Å². The highest BCUT2D eigenvalue weighted by Gasteiger charge is 2.20. The molecule has 28 heavy (non-hydrogen) atoms. The number of nitrogens with one attached hydrogen (secondary N) is 1. The molecule has 0 bridgehead atoms. The van der Waals surface area contributed by atoms with Crippen molar-refractivity contribution in [3.8, 4) is 0 Å². The van der Waals surface area contributed by atoms with E-state index >= 15 is 0 Å². The molecule has 0 radical (unpaired) electrons. The summed E-state index contributed by atoms with van der Waals surface area (Å²) in [5, 5.41) is 3.45. The van der Waals surface area contributed by atoms with Crippen molar-refractivity contribution in [1.29, 1.82) is 0 Å². The lowest BCUT2D eigenvalue weighted by atomic mass is 10.1. The smallest absolute Gasteiger partial charge is 0.249 e. The number of rotatable bonds is 7. The van der Waals surface area contributed by atoms with E-state index in [4.69, 9.17) is 10.5 Å². The number of nitrogens with two attached hydrogens (primary N) is 1. The first-order valence-corrected chi connectivity index (χ1v) is 11.0. The molecule has 1 saturated heterocycles. The number of carbonyl (C=O) groups is 2. The number of hydrogen-bond donors (Lipinski definition) is 2. The van der Waals surface area contributed by atoms with Gasteiger partial charge in [-0.3, -0.25) is 9.59 Å². The van der Waals surface area contributed by atoms with Gasteiger partial charge in [0.25, 0.3) is 0 Å². The van der Waals surface area contributed by atoms with Crippen molar-refractivity contribution in [2.75, 3.05) is 19.7 Å². The SMILES string of the molecule is CC.NCCCCCNC(=O)C1CCCCO1.O=Cc1nc2ccccc2s1. The molecule has 1 aromatic carbocycles. The van der Waals surface area contributed by atoms with Crippen LogP contribution in [0.5, 0.6) is 0 Å². The predicted molar refractivity (Wildman–Crippen MR) is 116 cm³/mol. The molecule has 156 valence electrons. The summed E-state index contributed by atoms with van der Waals surface area (Å²) in [6.45, 7) is 6.21. The molecule has 0 saturated carbocycles. The van der Waals surface area contributed by atoms with E-state index in [2.05, 4.69) is 10.3 Å². The Bertz CT molecular complexity index is 651. The van der Waals surface area contributed by atoms with Crippen LogP contribution in [0.4, 0.5) is 0 Å². The van der Waals surface area contributed by atoms with Crippen molar-refractivity contribution in [3.63, 3.8) is 0 Å². The minimum absolute atomic E-state index is 0.0578. The summed E-state index contributed by atoms with van der Waals surface area (Å²) in [5.74, 6) is 0.0578. The van der Waals surface area contributed by atoms with Crippen LogP contribution in [-0.4, -0.2) is 43.0 Å². The van der Waals surface area contributed by atoms with Crippen molar-refractivity contribution in [1.82, 2.24) is 10.3 Å². The molecule has 1 aliphatic rings. The van der Waals surface area contributed by atoms with E-state index in [1.165, 1.54) is 11.3 Å². The second kappa shape index (κ2) is 15.1. The summed E-state index contributed by atoms with van der Waals surface area (Å²) in [4.78, 5) is 26.0. The van der Waals surface area contributed by atoms with Gasteiger partial charge in [-0.2, -0.15) is 0 Å². The maximum atomic E-state index is 11.6. The van der Waals surface area contributed by atoms with Crippen LogP contribution in [0.3, 0.4) is 0 Å². The number of hydrogen-bond acceptors (Lipinski definition) is 6. The van der Waals surface area contributed by atoms with Gasteiger partial charge in [0.1, 0.15) is 6.10 Å². The van der Waals surface area contributed by atoms with Crippen molar-refractivity contribution >= 4 is 33.7 Å². The maximum absolute atomic E-state index is 11.6. The number of aldehydes is 1. The topological polar surface area (TPSA) is 94.3 Å². The summed E-state index contributed by atoms with van der Waals surface area (Å²) in [6.07, 6.45) is 6.77. The standard InChI is InChI=1S/C11H22N2O2.C8H5NOS.C2H6/c12-7-3-1-4-8-13-11(14)10-6-2-5-9-15-10;10-5-8-9-6-3-1-2-4-7(6)11-8;1-2/h10H,1-9,12H2,(H,13,14);1-5H;1-2H3. The molecule has 7 heteroatoms. The number of para-hydroxylation sites is 1. The molecule has 3 rings (SSSR count). The summed E-state index contributed by atoms with van der Waals surface area (Å²) in [5.41, 5.74) is 6.28. The van der Waals surface area contributed by atoms with Gasteiger partial charge in [0, 0.05) is 13.2 Å². The van der Waals surface area contributed by atoms with Crippen LogP contribution in [0.2, 0.25) is 0 Å². The number of carbonyl (C=O) groups excluding carboxylic acids is 2. The van der Waals surface area contributed by atoms with E-state index in [-0.39, 0.29) is 12.0 Å². The second-order valence-electron chi connectivity index (χ2n) is 6.13. The van der Waals surface area contributed by atoms with E-state index in [0.717, 1.165) is 74.7 Å².